The van der Waals surface area contributed by atoms with E-state index in [-0.39, 0.29) is 11.7 Å². The van der Waals surface area contributed by atoms with Gasteiger partial charge in [-0.25, -0.2) is 13.1 Å². The highest BCUT2D eigenvalue weighted by Crippen LogP contribution is 2.27. The summed E-state index contributed by atoms with van der Waals surface area (Å²) in [6.07, 6.45) is 4.19. The van der Waals surface area contributed by atoms with Crippen molar-refractivity contribution in [1.82, 2.24) is 4.72 Å². The molecule has 0 unspecified atom stereocenters. The van der Waals surface area contributed by atoms with E-state index in [0.29, 0.717) is 0 Å². The first-order valence-electron chi connectivity index (χ1n) is 3.51. The van der Waals surface area contributed by atoms with Crippen LogP contribution in [0.1, 0.15) is 19.3 Å². The van der Waals surface area contributed by atoms with Crippen molar-refractivity contribution in [3.63, 3.8) is 0 Å². The first-order valence-corrected chi connectivity index (χ1v) is 5.16. The van der Waals surface area contributed by atoms with E-state index >= 15 is 0 Å². The fourth-order valence-corrected chi connectivity index (χ4v) is 2.24. The number of hydrogen-bond donors (Lipinski definition) is 1. The molecule has 1 aliphatic rings. The van der Waals surface area contributed by atoms with Crippen LogP contribution >= 0.6 is 0 Å². The minimum atomic E-state index is -3.37. The molecule has 0 spiro atoms. The van der Waals surface area contributed by atoms with Gasteiger partial charge in [-0.1, -0.05) is 6.42 Å². The summed E-state index contributed by atoms with van der Waals surface area (Å²) in [6, 6.07) is 0. The minimum absolute atomic E-state index is 0.0717. The Kier molecular flexibility index (Phi) is 2.49. The maximum atomic E-state index is 10.9. The maximum Gasteiger partial charge on any atom is 0.323 e. The molecule has 0 heterocycles. The summed E-state index contributed by atoms with van der Waals surface area (Å²) in [4.78, 5) is 9.69. The number of nitrogens with one attached hydrogen (secondary N) is 1. The highest BCUT2D eigenvalue weighted by atomic mass is 32.2. The largest absolute Gasteiger partial charge is 0.323 e. The van der Waals surface area contributed by atoms with Gasteiger partial charge < -0.3 is 0 Å². The van der Waals surface area contributed by atoms with Crippen LogP contribution in [-0.4, -0.2) is 20.6 Å². The maximum absolute atomic E-state index is 10.9. The van der Waals surface area contributed by atoms with Crippen LogP contribution in [-0.2, 0) is 14.8 Å². The highest BCUT2D eigenvalue weighted by molar-refractivity contribution is 7.89. The van der Waals surface area contributed by atoms with Crippen LogP contribution in [0, 0.1) is 5.92 Å². The van der Waals surface area contributed by atoms with Crippen LogP contribution in [0.3, 0.4) is 0 Å². The summed E-state index contributed by atoms with van der Waals surface area (Å²) in [5, 5.41) is 0. The molecular weight excluding hydrogens is 166 g/mol. The molecule has 0 aromatic carbocycles. The summed E-state index contributed by atoms with van der Waals surface area (Å²) in [6.45, 7) is 0. The Labute approximate surface area is 66.0 Å². The van der Waals surface area contributed by atoms with Crippen LogP contribution < -0.4 is 4.72 Å². The molecule has 5 heteroatoms. The summed E-state index contributed by atoms with van der Waals surface area (Å²) >= 11 is 0. The third-order valence-corrected chi connectivity index (χ3v) is 3.18. The molecule has 1 rings (SSSR count). The lowest BCUT2D eigenvalue weighted by Crippen LogP contribution is -2.31. The van der Waals surface area contributed by atoms with Gasteiger partial charge in [-0.3, -0.25) is 4.79 Å². The molecule has 63 valence electrons. The number of rotatable bonds is 4. The van der Waals surface area contributed by atoms with Crippen molar-refractivity contribution < 1.29 is 13.2 Å². The van der Waals surface area contributed by atoms with Gasteiger partial charge in [-0.15, -0.1) is 0 Å². The van der Waals surface area contributed by atoms with E-state index in [0.717, 1.165) is 19.3 Å². The van der Waals surface area contributed by atoms with Crippen LogP contribution in [0.5, 0.6) is 0 Å². The lowest BCUT2D eigenvalue weighted by molar-refractivity contribution is 0.347. The molecule has 1 N–H and O–H groups in total. The first-order chi connectivity index (χ1) is 5.14. The van der Waals surface area contributed by atoms with Crippen molar-refractivity contribution in [2.24, 2.45) is 5.92 Å². The zero-order chi connectivity index (χ0) is 8.32. The lowest BCUT2D eigenvalue weighted by Gasteiger charge is -2.24. The summed E-state index contributed by atoms with van der Waals surface area (Å²) in [7, 11) is -3.37. The van der Waals surface area contributed by atoms with E-state index in [2.05, 4.69) is 0 Å². The molecule has 0 atom stereocenters. The van der Waals surface area contributed by atoms with E-state index < -0.39 is 10.0 Å². The van der Waals surface area contributed by atoms with Crippen LogP contribution in [0.2, 0.25) is 0 Å². The van der Waals surface area contributed by atoms with Crippen molar-refractivity contribution in [3.8, 4) is 0 Å². The van der Waals surface area contributed by atoms with Gasteiger partial charge in [0.15, 0.2) is 0 Å². The zero-order valence-electron chi connectivity index (χ0n) is 6.04. The van der Waals surface area contributed by atoms with E-state index in [1.165, 1.54) is 6.41 Å². The fourth-order valence-electron chi connectivity index (χ4n) is 1.07. The van der Waals surface area contributed by atoms with Gasteiger partial charge in [0.25, 0.3) is 0 Å². The third-order valence-electron chi connectivity index (χ3n) is 1.88. The SMILES string of the molecule is O=[C]NS(=O)(=O)CC1CCC1. The number of sulfonamides is 1. The number of amides is 1. The third kappa shape index (κ3) is 2.49. The van der Waals surface area contributed by atoms with Gasteiger partial charge in [0.1, 0.15) is 0 Å². The molecule has 1 saturated carbocycles. The first kappa shape index (κ1) is 8.52. The normalized spacial score (nSPS) is 18.9. The fraction of sp³-hybridized carbons (Fsp3) is 0.833. The van der Waals surface area contributed by atoms with Crippen molar-refractivity contribution in [3.05, 3.63) is 0 Å². The Morgan fingerprint density at radius 2 is 2.09 bits per heavy atom. The second-order valence-corrected chi connectivity index (χ2v) is 4.55. The van der Waals surface area contributed by atoms with Gasteiger partial charge in [0, 0.05) is 0 Å². The van der Waals surface area contributed by atoms with Gasteiger partial charge in [0.05, 0.1) is 5.75 Å². The molecule has 0 bridgehead atoms. The highest BCUT2D eigenvalue weighted by Gasteiger charge is 2.23. The molecule has 1 fully saturated rings. The Balaban J connectivity index is 2.38. The van der Waals surface area contributed by atoms with Crippen LogP contribution in [0.15, 0.2) is 0 Å². The average molecular weight is 176 g/mol. The van der Waals surface area contributed by atoms with Crippen LogP contribution in [0.4, 0.5) is 0 Å². The predicted octanol–water partition coefficient (Wildman–Crippen LogP) is -0.227. The number of hydrogen-bond acceptors (Lipinski definition) is 3. The van der Waals surface area contributed by atoms with E-state index in [1.807, 2.05) is 0 Å². The molecule has 0 aromatic rings. The van der Waals surface area contributed by atoms with E-state index in [4.69, 9.17) is 0 Å². The van der Waals surface area contributed by atoms with E-state index in [1.54, 1.807) is 4.72 Å². The molecule has 0 aromatic heterocycles. The van der Waals surface area contributed by atoms with Crippen molar-refractivity contribution in [2.45, 2.75) is 19.3 Å². The van der Waals surface area contributed by atoms with E-state index in [9.17, 15) is 13.2 Å². The monoisotopic (exact) mass is 176 g/mol. The molecule has 1 aliphatic carbocycles. The van der Waals surface area contributed by atoms with Gasteiger partial charge in [-0.05, 0) is 18.8 Å². The molecule has 1 radical (unpaired) electrons. The number of carbonyl (C=O) groups excluding carboxylic acids is 1. The Morgan fingerprint density at radius 3 is 2.45 bits per heavy atom. The molecular formula is C6H10NO3S. The second-order valence-electron chi connectivity index (χ2n) is 2.78. The lowest BCUT2D eigenvalue weighted by atomic mass is 9.87. The summed E-state index contributed by atoms with van der Waals surface area (Å²) in [5.41, 5.74) is 0. The van der Waals surface area contributed by atoms with Crippen molar-refractivity contribution in [2.75, 3.05) is 5.75 Å². The van der Waals surface area contributed by atoms with Gasteiger partial charge in [0.2, 0.25) is 10.0 Å². The minimum Gasteiger partial charge on any atom is -0.263 e. The molecule has 0 aliphatic heterocycles. The summed E-state index contributed by atoms with van der Waals surface area (Å²) in [5.74, 6) is 0.322. The molecule has 4 nitrogen and oxygen atoms in total. The van der Waals surface area contributed by atoms with Gasteiger partial charge in [-0.2, -0.15) is 0 Å². The standard InChI is InChI=1S/C6H10NO3S/c8-5-7-11(9,10)4-6-2-1-3-6/h6H,1-4H2,(H,7,8). The predicted molar refractivity (Wildman–Crippen MR) is 40.0 cm³/mol. The molecule has 11 heavy (non-hydrogen) atoms. The smallest absolute Gasteiger partial charge is 0.263 e. The summed E-state index contributed by atoms with van der Waals surface area (Å²) < 4.78 is 23.4. The average Bonchev–Trinajstić information content (AvgIpc) is 1.79. The molecule has 1 amide bonds. The van der Waals surface area contributed by atoms with Gasteiger partial charge >= 0.3 is 6.41 Å². The van der Waals surface area contributed by atoms with Crippen molar-refractivity contribution in [1.29, 1.82) is 0 Å². The topological polar surface area (TPSA) is 63.2 Å². The Morgan fingerprint density at radius 1 is 1.45 bits per heavy atom. The second kappa shape index (κ2) is 3.21. The van der Waals surface area contributed by atoms with Crippen molar-refractivity contribution >= 4 is 16.4 Å². The zero-order valence-corrected chi connectivity index (χ0v) is 6.86. The Hall–Kier alpha value is -0.580. The Bertz CT molecular complexity index is 230. The van der Waals surface area contributed by atoms with Crippen LogP contribution in [0.25, 0.3) is 0 Å². The quantitative estimate of drug-likeness (QED) is 0.602. The molecule has 0 saturated heterocycles.